The van der Waals surface area contributed by atoms with E-state index >= 15 is 0 Å². The smallest absolute Gasteiger partial charge is 1.00 e. The van der Waals surface area contributed by atoms with Crippen LogP contribution in [0.25, 0.3) is 0 Å². The second kappa shape index (κ2) is 6.03. The van der Waals surface area contributed by atoms with Crippen LogP contribution in [0.5, 0.6) is 0 Å². The van der Waals surface area contributed by atoms with Crippen molar-refractivity contribution in [3.05, 3.63) is 34.9 Å². The van der Waals surface area contributed by atoms with Gasteiger partial charge in [-0.3, -0.25) is 0 Å². The van der Waals surface area contributed by atoms with Gasteiger partial charge in [0.05, 0.1) is 0 Å². The molecule has 1 aromatic rings. The first kappa shape index (κ1) is 14.0. The van der Waals surface area contributed by atoms with Gasteiger partial charge in [0.1, 0.15) is 0 Å². The summed E-state index contributed by atoms with van der Waals surface area (Å²) in [5, 5.41) is 0. The van der Waals surface area contributed by atoms with Crippen LogP contribution in [0, 0.1) is 26.8 Å². The van der Waals surface area contributed by atoms with E-state index in [9.17, 15) is 0 Å². The van der Waals surface area contributed by atoms with Crippen molar-refractivity contribution >= 4 is 23.1 Å². The Morgan fingerprint density at radius 1 is 1.00 bits per heavy atom. The SMILES string of the molecule is Cc1[c-]c(C)cc(C)c1.[Br-].[Mg+2]. The molecule has 1 rings (SSSR count). The van der Waals surface area contributed by atoms with E-state index in [1.165, 1.54) is 16.7 Å². The third-order valence-electron chi connectivity index (χ3n) is 1.28. The number of benzene rings is 1. The van der Waals surface area contributed by atoms with Crippen LogP contribution in [0.4, 0.5) is 0 Å². The van der Waals surface area contributed by atoms with Crippen LogP contribution in [0.3, 0.4) is 0 Å². The molecule has 0 N–H and O–H groups in total. The van der Waals surface area contributed by atoms with Gasteiger partial charge in [0.25, 0.3) is 0 Å². The maximum absolute atomic E-state index is 3.21. The molecule has 0 heterocycles. The van der Waals surface area contributed by atoms with Crippen molar-refractivity contribution in [1.29, 1.82) is 0 Å². The summed E-state index contributed by atoms with van der Waals surface area (Å²) in [6.07, 6.45) is 0. The summed E-state index contributed by atoms with van der Waals surface area (Å²) in [4.78, 5) is 0. The van der Waals surface area contributed by atoms with E-state index in [-0.39, 0.29) is 40.0 Å². The van der Waals surface area contributed by atoms with Crippen molar-refractivity contribution in [2.75, 3.05) is 0 Å². The molecule has 1 aromatic carbocycles. The molecule has 0 spiro atoms. The summed E-state index contributed by atoms with van der Waals surface area (Å²) < 4.78 is 0. The zero-order valence-corrected chi connectivity index (χ0v) is 10.2. The zero-order chi connectivity index (χ0) is 6.85. The van der Waals surface area contributed by atoms with Crippen LogP contribution >= 0.6 is 0 Å². The van der Waals surface area contributed by atoms with Crippen molar-refractivity contribution < 1.29 is 17.0 Å². The molecule has 0 fully saturated rings. The monoisotopic (exact) mass is 222 g/mol. The van der Waals surface area contributed by atoms with Crippen molar-refractivity contribution in [1.82, 2.24) is 0 Å². The van der Waals surface area contributed by atoms with E-state index in [1.807, 2.05) is 0 Å². The minimum atomic E-state index is 0. The fraction of sp³-hybridized carbons (Fsp3) is 0.333. The third-order valence-corrected chi connectivity index (χ3v) is 1.28. The van der Waals surface area contributed by atoms with E-state index in [0.29, 0.717) is 0 Å². The van der Waals surface area contributed by atoms with Crippen LogP contribution in [0.2, 0.25) is 0 Å². The molecule has 11 heavy (non-hydrogen) atoms. The summed E-state index contributed by atoms with van der Waals surface area (Å²) >= 11 is 0. The Hall–Kier alpha value is 0.466. The summed E-state index contributed by atoms with van der Waals surface area (Å²) in [6.45, 7) is 6.24. The van der Waals surface area contributed by atoms with E-state index in [0.717, 1.165) is 0 Å². The molecule has 56 valence electrons. The first-order valence-electron chi connectivity index (χ1n) is 3.15. The van der Waals surface area contributed by atoms with Crippen LogP contribution in [-0.4, -0.2) is 23.1 Å². The summed E-state index contributed by atoms with van der Waals surface area (Å²) in [5.74, 6) is 0. The molecule has 0 aliphatic carbocycles. The van der Waals surface area contributed by atoms with E-state index in [1.54, 1.807) is 0 Å². The van der Waals surface area contributed by atoms with Gasteiger partial charge in [-0.15, -0.1) is 0 Å². The minimum absolute atomic E-state index is 0. The Balaban J connectivity index is 0. The molecule has 0 atom stereocenters. The Labute approximate surface area is 95.3 Å². The maximum Gasteiger partial charge on any atom is 2.00 e. The Morgan fingerprint density at radius 3 is 1.64 bits per heavy atom. The fourth-order valence-corrected chi connectivity index (χ4v) is 1.11. The van der Waals surface area contributed by atoms with Gasteiger partial charge in [-0.2, -0.15) is 34.9 Å². The van der Waals surface area contributed by atoms with Gasteiger partial charge in [0, 0.05) is 0 Å². The summed E-state index contributed by atoms with van der Waals surface area (Å²) in [5.41, 5.74) is 3.78. The zero-order valence-electron chi connectivity index (χ0n) is 7.24. The van der Waals surface area contributed by atoms with Gasteiger partial charge < -0.3 is 17.0 Å². The standard InChI is InChI=1S/C9H11.BrH.Mg/c1-7-4-8(2)6-9(3)5-7;;/h4-5H,1-3H3;1H;/q-1;;+2/p-1. The van der Waals surface area contributed by atoms with Crippen LogP contribution in [0.15, 0.2) is 12.1 Å². The minimum Gasteiger partial charge on any atom is -1.00 e. The molecule has 0 radical (unpaired) electrons. The molecule has 0 bridgehead atoms. The molecule has 0 nitrogen and oxygen atoms in total. The van der Waals surface area contributed by atoms with E-state index < -0.39 is 0 Å². The molecule has 0 aromatic heterocycles. The van der Waals surface area contributed by atoms with Gasteiger partial charge in [-0.1, -0.05) is 20.8 Å². The topological polar surface area (TPSA) is 0 Å². The number of rotatable bonds is 0. The summed E-state index contributed by atoms with van der Waals surface area (Å²) in [7, 11) is 0. The predicted octanol–water partition coefficient (Wildman–Crippen LogP) is -0.965. The molecule has 0 saturated heterocycles. The third kappa shape index (κ3) is 4.83. The van der Waals surface area contributed by atoms with E-state index in [2.05, 4.69) is 39.0 Å². The molecule has 2 heteroatoms. The van der Waals surface area contributed by atoms with Crippen molar-refractivity contribution in [2.24, 2.45) is 0 Å². The van der Waals surface area contributed by atoms with Crippen LogP contribution < -0.4 is 17.0 Å². The molecule has 0 saturated carbocycles. The molecular formula is C9H11BrMg. The molecule has 0 unspecified atom stereocenters. The van der Waals surface area contributed by atoms with Crippen LogP contribution in [0.1, 0.15) is 16.7 Å². The number of aryl methyl sites for hydroxylation is 3. The van der Waals surface area contributed by atoms with Gasteiger partial charge >= 0.3 is 23.1 Å². The molecule has 0 aliphatic rings. The largest absolute Gasteiger partial charge is 2.00 e. The first-order valence-corrected chi connectivity index (χ1v) is 3.15. The van der Waals surface area contributed by atoms with Crippen molar-refractivity contribution in [3.8, 4) is 0 Å². The fourth-order valence-electron chi connectivity index (χ4n) is 1.11. The Bertz CT molecular complexity index is 170. The number of hydrogen-bond donors (Lipinski definition) is 0. The molecule has 0 amide bonds. The average Bonchev–Trinajstić information content (AvgIpc) is 1.59. The predicted molar refractivity (Wildman–Crippen MR) is 45.2 cm³/mol. The van der Waals surface area contributed by atoms with Gasteiger partial charge in [0.2, 0.25) is 0 Å². The maximum atomic E-state index is 3.21. The summed E-state index contributed by atoms with van der Waals surface area (Å²) in [6, 6.07) is 7.47. The van der Waals surface area contributed by atoms with Crippen molar-refractivity contribution in [2.45, 2.75) is 20.8 Å². The number of hydrogen-bond acceptors (Lipinski definition) is 0. The molecular weight excluding hydrogens is 212 g/mol. The molecule has 0 aliphatic heterocycles. The van der Waals surface area contributed by atoms with E-state index in [4.69, 9.17) is 0 Å². The Kier molecular flexibility index (Phi) is 7.69. The number of halogens is 1. The van der Waals surface area contributed by atoms with Gasteiger partial charge in [-0.25, -0.2) is 0 Å². The Morgan fingerprint density at radius 2 is 1.36 bits per heavy atom. The van der Waals surface area contributed by atoms with Gasteiger partial charge in [0.15, 0.2) is 0 Å². The van der Waals surface area contributed by atoms with Crippen molar-refractivity contribution in [3.63, 3.8) is 0 Å². The quantitative estimate of drug-likeness (QED) is 0.392. The van der Waals surface area contributed by atoms with Gasteiger partial charge in [-0.05, 0) is 0 Å². The average molecular weight is 223 g/mol. The normalized spacial score (nSPS) is 7.91. The second-order valence-electron chi connectivity index (χ2n) is 2.52. The van der Waals surface area contributed by atoms with Crippen LogP contribution in [-0.2, 0) is 0 Å². The first-order chi connectivity index (χ1) is 4.18. The second-order valence-corrected chi connectivity index (χ2v) is 2.52.